The number of anilines is 1. The Morgan fingerprint density at radius 1 is 1.14 bits per heavy atom. The SMILES string of the molecule is CNc1nc(C(C)(C)C)nc(-c2ncccc2OC)c1C. The van der Waals surface area contributed by atoms with Gasteiger partial charge in [-0.1, -0.05) is 20.8 Å². The summed E-state index contributed by atoms with van der Waals surface area (Å²) in [7, 11) is 3.50. The highest BCUT2D eigenvalue weighted by atomic mass is 16.5. The molecule has 0 radical (unpaired) electrons. The summed E-state index contributed by atoms with van der Waals surface area (Å²) in [5.74, 6) is 2.30. The summed E-state index contributed by atoms with van der Waals surface area (Å²) in [5.41, 5.74) is 2.36. The fraction of sp³-hybridized carbons (Fsp3) is 0.438. The van der Waals surface area contributed by atoms with Gasteiger partial charge in [0.2, 0.25) is 0 Å². The van der Waals surface area contributed by atoms with Gasteiger partial charge in [-0.25, -0.2) is 9.97 Å². The zero-order chi connectivity index (χ0) is 15.6. The predicted octanol–water partition coefficient (Wildman–Crippen LogP) is 3.19. The lowest BCUT2D eigenvalue weighted by Gasteiger charge is -2.20. The zero-order valence-corrected chi connectivity index (χ0v) is 13.5. The molecule has 0 atom stereocenters. The van der Waals surface area contributed by atoms with Gasteiger partial charge < -0.3 is 10.1 Å². The van der Waals surface area contributed by atoms with Gasteiger partial charge in [-0.15, -0.1) is 0 Å². The second-order valence-corrected chi connectivity index (χ2v) is 5.92. The first-order chi connectivity index (χ1) is 9.88. The van der Waals surface area contributed by atoms with Crippen molar-refractivity contribution in [1.82, 2.24) is 15.0 Å². The lowest BCUT2D eigenvalue weighted by molar-refractivity contribution is 0.414. The fourth-order valence-corrected chi connectivity index (χ4v) is 2.06. The predicted molar refractivity (Wildman–Crippen MR) is 84.8 cm³/mol. The van der Waals surface area contributed by atoms with E-state index in [0.717, 1.165) is 28.6 Å². The lowest BCUT2D eigenvalue weighted by atomic mass is 9.95. The van der Waals surface area contributed by atoms with Crippen LogP contribution in [0, 0.1) is 6.92 Å². The number of ether oxygens (including phenoxy) is 1. The van der Waals surface area contributed by atoms with Gasteiger partial charge in [0.25, 0.3) is 0 Å². The van der Waals surface area contributed by atoms with Crippen LogP contribution < -0.4 is 10.1 Å². The van der Waals surface area contributed by atoms with Gasteiger partial charge >= 0.3 is 0 Å². The zero-order valence-electron chi connectivity index (χ0n) is 13.5. The second-order valence-electron chi connectivity index (χ2n) is 5.92. The minimum Gasteiger partial charge on any atom is -0.494 e. The molecule has 0 bridgehead atoms. The standard InChI is InChI=1S/C16H22N4O/c1-10-12(13-11(21-6)8-7-9-18-13)19-15(16(2,3)4)20-14(10)17-5/h7-9H,1-6H3,(H,17,19,20). The summed E-state index contributed by atoms with van der Waals surface area (Å²) in [6.45, 7) is 8.27. The number of rotatable bonds is 3. The monoisotopic (exact) mass is 286 g/mol. The number of hydrogen-bond donors (Lipinski definition) is 1. The van der Waals surface area contributed by atoms with Crippen LogP contribution in [0.15, 0.2) is 18.3 Å². The van der Waals surface area contributed by atoms with Crippen LogP contribution >= 0.6 is 0 Å². The Morgan fingerprint density at radius 3 is 2.43 bits per heavy atom. The third-order valence-corrected chi connectivity index (χ3v) is 3.27. The molecule has 0 saturated carbocycles. The van der Waals surface area contributed by atoms with Crippen LogP contribution in [0.2, 0.25) is 0 Å². The second kappa shape index (κ2) is 5.68. The Morgan fingerprint density at radius 2 is 1.86 bits per heavy atom. The summed E-state index contributed by atoms with van der Waals surface area (Å²) in [5, 5.41) is 3.14. The summed E-state index contributed by atoms with van der Waals surface area (Å²) in [6.07, 6.45) is 1.75. The molecule has 2 aromatic rings. The van der Waals surface area contributed by atoms with E-state index in [-0.39, 0.29) is 5.41 Å². The number of nitrogens with one attached hydrogen (secondary N) is 1. The largest absolute Gasteiger partial charge is 0.494 e. The molecule has 0 aliphatic heterocycles. The lowest BCUT2D eigenvalue weighted by Crippen LogP contribution is -2.18. The first-order valence-corrected chi connectivity index (χ1v) is 6.94. The van der Waals surface area contributed by atoms with Crippen molar-refractivity contribution in [2.75, 3.05) is 19.5 Å². The van der Waals surface area contributed by atoms with E-state index in [1.165, 1.54) is 0 Å². The fourth-order valence-electron chi connectivity index (χ4n) is 2.06. The van der Waals surface area contributed by atoms with E-state index in [2.05, 4.69) is 36.1 Å². The van der Waals surface area contributed by atoms with E-state index >= 15 is 0 Å². The Labute approximate surface area is 125 Å². The van der Waals surface area contributed by atoms with Gasteiger partial charge in [0.05, 0.1) is 7.11 Å². The highest BCUT2D eigenvalue weighted by Gasteiger charge is 2.23. The van der Waals surface area contributed by atoms with Crippen LogP contribution in [0.25, 0.3) is 11.4 Å². The molecule has 2 aromatic heterocycles. The summed E-state index contributed by atoms with van der Waals surface area (Å²) < 4.78 is 5.41. The Balaban J connectivity index is 2.73. The van der Waals surface area contributed by atoms with Crippen molar-refractivity contribution in [3.05, 3.63) is 29.7 Å². The van der Waals surface area contributed by atoms with E-state index in [9.17, 15) is 0 Å². The van der Waals surface area contributed by atoms with Crippen molar-refractivity contribution in [3.63, 3.8) is 0 Å². The summed E-state index contributed by atoms with van der Waals surface area (Å²) >= 11 is 0. The Kier molecular flexibility index (Phi) is 4.11. The molecule has 0 aliphatic rings. The summed E-state index contributed by atoms with van der Waals surface area (Å²) in [6, 6.07) is 3.74. The molecule has 2 rings (SSSR count). The van der Waals surface area contributed by atoms with Crippen molar-refractivity contribution < 1.29 is 4.74 Å². The molecule has 0 saturated heterocycles. The number of pyridine rings is 1. The quantitative estimate of drug-likeness (QED) is 0.939. The number of methoxy groups -OCH3 is 1. The average molecular weight is 286 g/mol. The van der Waals surface area contributed by atoms with Crippen LogP contribution in [0.4, 0.5) is 5.82 Å². The number of nitrogens with zero attached hydrogens (tertiary/aromatic N) is 3. The first kappa shape index (κ1) is 15.2. The molecular weight excluding hydrogens is 264 g/mol. The van der Waals surface area contributed by atoms with E-state index in [1.54, 1.807) is 13.3 Å². The minimum absolute atomic E-state index is 0.143. The van der Waals surface area contributed by atoms with Crippen molar-refractivity contribution in [3.8, 4) is 17.1 Å². The molecule has 112 valence electrons. The third kappa shape index (κ3) is 2.96. The molecule has 1 N–H and O–H groups in total. The highest BCUT2D eigenvalue weighted by Crippen LogP contribution is 2.32. The average Bonchev–Trinajstić information content (AvgIpc) is 2.46. The molecule has 0 fully saturated rings. The van der Waals surface area contributed by atoms with Crippen LogP contribution in [-0.2, 0) is 5.41 Å². The maximum absolute atomic E-state index is 5.41. The molecule has 0 aromatic carbocycles. The van der Waals surface area contributed by atoms with Gasteiger partial charge in [-0.05, 0) is 19.1 Å². The molecule has 5 heteroatoms. The highest BCUT2D eigenvalue weighted by molar-refractivity contribution is 5.70. The van der Waals surface area contributed by atoms with Gasteiger partial charge in [-0.2, -0.15) is 0 Å². The normalized spacial score (nSPS) is 11.3. The summed E-state index contributed by atoms with van der Waals surface area (Å²) in [4.78, 5) is 13.8. The van der Waals surface area contributed by atoms with Crippen LogP contribution in [0.1, 0.15) is 32.2 Å². The van der Waals surface area contributed by atoms with Gasteiger partial charge in [-0.3, -0.25) is 4.98 Å². The smallest absolute Gasteiger partial charge is 0.146 e. The number of hydrogen-bond acceptors (Lipinski definition) is 5. The van der Waals surface area contributed by atoms with Crippen molar-refractivity contribution >= 4 is 5.82 Å². The molecular formula is C16H22N4O. The maximum atomic E-state index is 5.41. The van der Waals surface area contributed by atoms with Gasteiger partial charge in [0.15, 0.2) is 0 Å². The van der Waals surface area contributed by atoms with Crippen molar-refractivity contribution in [2.24, 2.45) is 0 Å². The molecule has 0 unspecified atom stereocenters. The van der Waals surface area contributed by atoms with Gasteiger partial charge in [0, 0.05) is 24.2 Å². The molecule has 0 spiro atoms. The number of aromatic nitrogens is 3. The third-order valence-electron chi connectivity index (χ3n) is 3.27. The van der Waals surface area contributed by atoms with E-state index in [1.807, 2.05) is 26.1 Å². The van der Waals surface area contributed by atoms with Crippen LogP contribution in [0.3, 0.4) is 0 Å². The van der Waals surface area contributed by atoms with Crippen molar-refractivity contribution in [1.29, 1.82) is 0 Å². The molecule has 0 amide bonds. The molecule has 21 heavy (non-hydrogen) atoms. The molecule has 0 aliphatic carbocycles. The van der Waals surface area contributed by atoms with E-state index in [0.29, 0.717) is 5.75 Å². The van der Waals surface area contributed by atoms with Crippen molar-refractivity contribution in [2.45, 2.75) is 33.1 Å². The van der Waals surface area contributed by atoms with E-state index in [4.69, 9.17) is 9.72 Å². The van der Waals surface area contributed by atoms with Crippen LogP contribution in [-0.4, -0.2) is 29.1 Å². The molecule has 5 nitrogen and oxygen atoms in total. The minimum atomic E-state index is -0.143. The first-order valence-electron chi connectivity index (χ1n) is 6.94. The van der Waals surface area contributed by atoms with Gasteiger partial charge in [0.1, 0.15) is 28.8 Å². The maximum Gasteiger partial charge on any atom is 0.146 e. The Hall–Kier alpha value is -2.17. The Bertz CT molecular complexity index is 647. The van der Waals surface area contributed by atoms with Crippen LogP contribution in [0.5, 0.6) is 5.75 Å². The van der Waals surface area contributed by atoms with E-state index < -0.39 is 0 Å². The molecule has 2 heterocycles. The topological polar surface area (TPSA) is 59.9 Å².